The highest BCUT2D eigenvalue weighted by Crippen LogP contribution is 2.18. The van der Waals surface area contributed by atoms with Gasteiger partial charge in [-0.3, -0.25) is 4.90 Å². The number of nitrogens with two attached hydrogens (primary N) is 1. The summed E-state index contributed by atoms with van der Waals surface area (Å²) in [5.41, 5.74) is 5.78. The van der Waals surface area contributed by atoms with Gasteiger partial charge in [0.1, 0.15) is 0 Å². The number of likely N-dealkylation sites (N-methyl/N-ethyl adjacent to an activating group) is 1. The topological polar surface area (TPSA) is 38.5 Å². The van der Waals surface area contributed by atoms with Crippen molar-refractivity contribution in [2.45, 2.75) is 25.9 Å². The minimum absolute atomic E-state index is 0.0833. The first-order valence-electron chi connectivity index (χ1n) is 5.64. The van der Waals surface area contributed by atoms with Gasteiger partial charge >= 0.3 is 0 Å². The van der Waals surface area contributed by atoms with Crippen molar-refractivity contribution in [2.24, 2.45) is 5.73 Å². The fourth-order valence-electron chi connectivity index (χ4n) is 1.47. The molecule has 0 fully saturated rings. The van der Waals surface area contributed by atoms with Crippen LogP contribution >= 0.6 is 11.3 Å². The minimum Gasteiger partial charge on any atom is -0.380 e. The average Bonchev–Trinajstić information content (AvgIpc) is 2.78. The third kappa shape index (κ3) is 3.56. The van der Waals surface area contributed by atoms with E-state index in [0.29, 0.717) is 13.2 Å². The van der Waals surface area contributed by atoms with E-state index in [1.807, 2.05) is 6.92 Å². The first-order chi connectivity index (χ1) is 7.62. The van der Waals surface area contributed by atoms with Crippen molar-refractivity contribution in [2.75, 3.05) is 26.8 Å². The number of ether oxygens (including phenoxy) is 1. The van der Waals surface area contributed by atoms with E-state index >= 15 is 0 Å². The first kappa shape index (κ1) is 13.6. The highest BCUT2D eigenvalue weighted by molar-refractivity contribution is 7.09. The smallest absolute Gasteiger partial charge is 0.0659 e. The standard InChI is InChI=1S/C12H22N2OS/c1-4-15-10-12(2,9-13)14(3)8-11-6-5-7-16-11/h5-7H,4,8-10,13H2,1-3H3. The summed E-state index contributed by atoms with van der Waals surface area (Å²) in [6, 6.07) is 4.23. The predicted octanol–water partition coefficient (Wildman–Crippen LogP) is 1.93. The van der Waals surface area contributed by atoms with Crippen LogP contribution < -0.4 is 5.73 Å². The van der Waals surface area contributed by atoms with Crippen LogP contribution in [0.2, 0.25) is 0 Å². The SMILES string of the molecule is CCOCC(C)(CN)N(C)Cc1cccs1. The van der Waals surface area contributed by atoms with Gasteiger partial charge in [0.25, 0.3) is 0 Å². The lowest BCUT2D eigenvalue weighted by molar-refractivity contribution is 0.0206. The van der Waals surface area contributed by atoms with Crippen molar-refractivity contribution >= 4 is 11.3 Å². The van der Waals surface area contributed by atoms with Crippen LogP contribution in [0.15, 0.2) is 17.5 Å². The quantitative estimate of drug-likeness (QED) is 0.794. The Hall–Kier alpha value is -0.420. The molecule has 0 aliphatic rings. The molecule has 16 heavy (non-hydrogen) atoms. The van der Waals surface area contributed by atoms with Crippen LogP contribution in [0.3, 0.4) is 0 Å². The van der Waals surface area contributed by atoms with E-state index in [1.165, 1.54) is 4.88 Å². The zero-order valence-corrected chi connectivity index (χ0v) is 11.2. The molecule has 4 heteroatoms. The average molecular weight is 242 g/mol. The number of rotatable bonds is 7. The molecular weight excluding hydrogens is 220 g/mol. The molecular formula is C12H22N2OS. The van der Waals surface area contributed by atoms with E-state index in [2.05, 4.69) is 36.4 Å². The number of nitrogens with zero attached hydrogens (tertiary/aromatic N) is 1. The summed E-state index contributed by atoms with van der Waals surface area (Å²) >= 11 is 1.78. The normalized spacial score (nSPS) is 15.3. The molecule has 2 N–H and O–H groups in total. The van der Waals surface area contributed by atoms with Crippen LogP contribution in [0.1, 0.15) is 18.7 Å². The molecule has 0 saturated carbocycles. The first-order valence-corrected chi connectivity index (χ1v) is 6.52. The van der Waals surface area contributed by atoms with E-state index in [-0.39, 0.29) is 5.54 Å². The van der Waals surface area contributed by atoms with Gasteiger partial charge < -0.3 is 10.5 Å². The molecule has 0 radical (unpaired) electrons. The molecule has 0 aliphatic carbocycles. The fourth-order valence-corrected chi connectivity index (χ4v) is 2.23. The molecule has 92 valence electrons. The van der Waals surface area contributed by atoms with Gasteiger partial charge in [-0.1, -0.05) is 6.07 Å². The number of hydrogen-bond acceptors (Lipinski definition) is 4. The molecule has 0 saturated heterocycles. The molecule has 3 nitrogen and oxygen atoms in total. The second-order valence-electron chi connectivity index (χ2n) is 4.27. The maximum Gasteiger partial charge on any atom is 0.0659 e. The maximum absolute atomic E-state index is 5.86. The summed E-state index contributed by atoms with van der Waals surface area (Å²) < 4.78 is 5.51. The van der Waals surface area contributed by atoms with Crippen molar-refractivity contribution in [3.05, 3.63) is 22.4 Å². The zero-order valence-electron chi connectivity index (χ0n) is 10.4. The lowest BCUT2D eigenvalue weighted by Crippen LogP contribution is -2.52. The van der Waals surface area contributed by atoms with Crippen LogP contribution in [0.25, 0.3) is 0 Å². The maximum atomic E-state index is 5.86. The molecule has 0 amide bonds. The fraction of sp³-hybridized carbons (Fsp3) is 0.667. The van der Waals surface area contributed by atoms with Crippen LogP contribution in [0.4, 0.5) is 0 Å². The van der Waals surface area contributed by atoms with Gasteiger partial charge in [0.2, 0.25) is 0 Å². The molecule has 1 aromatic heterocycles. The highest BCUT2D eigenvalue weighted by atomic mass is 32.1. The Morgan fingerprint density at radius 1 is 1.56 bits per heavy atom. The van der Waals surface area contributed by atoms with Crippen molar-refractivity contribution in [1.82, 2.24) is 4.90 Å². The van der Waals surface area contributed by atoms with Crippen molar-refractivity contribution < 1.29 is 4.74 Å². The summed E-state index contributed by atoms with van der Waals surface area (Å²) in [6.45, 7) is 7.12. The lowest BCUT2D eigenvalue weighted by Gasteiger charge is -2.37. The van der Waals surface area contributed by atoms with Gasteiger partial charge in [-0.2, -0.15) is 0 Å². The zero-order chi connectivity index (χ0) is 12.0. The molecule has 1 atom stereocenters. The summed E-state index contributed by atoms with van der Waals surface area (Å²) in [5.74, 6) is 0. The molecule has 1 heterocycles. The van der Waals surface area contributed by atoms with E-state index < -0.39 is 0 Å². The van der Waals surface area contributed by atoms with Gasteiger partial charge in [-0.25, -0.2) is 0 Å². The Bertz CT molecular complexity index is 289. The summed E-state index contributed by atoms with van der Waals surface area (Å²) in [4.78, 5) is 3.63. The van der Waals surface area contributed by atoms with Gasteiger partial charge in [-0.05, 0) is 32.3 Å². The molecule has 1 rings (SSSR count). The Kier molecular flexibility index (Phi) is 5.41. The van der Waals surface area contributed by atoms with Gasteiger partial charge in [0.05, 0.1) is 12.1 Å². The Morgan fingerprint density at radius 2 is 2.31 bits per heavy atom. The lowest BCUT2D eigenvalue weighted by atomic mass is 10.0. The second-order valence-corrected chi connectivity index (χ2v) is 5.31. The second kappa shape index (κ2) is 6.35. The van der Waals surface area contributed by atoms with Gasteiger partial charge in [0.15, 0.2) is 0 Å². The molecule has 0 spiro atoms. The van der Waals surface area contributed by atoms with E-state index in [1.54, 1.807) is 11.3 Å². The molecule has 1 unspecified atom stereocenters. The Morgan fingerprint density at radius 3 is 2.81 bits per heavy atom. The van der Waals surface area contributed by atoms with Crippen LogP contribution in [0.5, 0.6) is 0 Å². The predicted molar refractivity (Wildman–Crippen MR) is 69.7 cm³/mol. The number of thiophene rings is 1. The van der Waals surface area contributed by atoms with Gasteiger partial charge in [-0.15, -0.1) is 11.3 Å². The summed E-state index contributed by atoms with van der Waals surface area (Å²) in [6.07, 6.45) is 0. The Labute approximate surface area is 102 Å². The van der Waals surface area contributed by atoms with Crippen LogP contribution in [-0.2, 0) is 11.3 Å². The van der Waals surface area contributed by atoms with E-state index in [4.69, 9.17) is 10.5 Å². The largest absolute Gasteiger partial charge is 0.380 e. The number of hydrogen-bond donors (Lipinski definition) is 1. The van der Waals surface area contributed by atoms with Crippen molar-refractivity contribution in [3.63, 3.8) is 0 Å². The molecule has 0 aromatic carbocycles. The van der Waals surface area contributed by atoms with E-state index in [9.17, 15) is 0 Å². The monoisotopic (exact) mass is 242 g/mol. The van der Waals surface area contributed by atoms with Crippen molar-refractivity contribution in [3.8, 4) is 0 Å². The van der Waals surface area contributed by atoms with Crippen LogP contribution in [0, 0.1) is 0 Å². The molecule has 1 aromatic rings. The third-order valence-electron chi connectivity index (χ3n) is 2.95. The molecule has 0 aliphatic heterocycles. The summed E-state index contributed by atoms with van der Waals surface area (Å²) in [7, 11) is 2.10. The van der Waals surface area contributed by atoms with Crippen molar-refractivity contribution in [1.29, 1.82) is 0 Å². The highest BCUT2D eigenvalue weighted by Gasteiger charge is 2.28. The summed E-state index contributed by atoms with van der Waals surface area (Å²) in [5, 5.41) is 2.10. The minimum atomic E-state index is -0.0833. The van der Waals surface area contributed by atoms with Crippen LogP contribution in [-0.4, -0.2) is 37.2 Å². The molecule has 0 bridgehead atoms. The Balaban J connectivity index is 2.57. The van der Waals surface area contributed by atoms with Gasteiger partial charge in [0, 0.05) is 24.6 Å². The van der Waals surface area contributed by atoms with E-state index in [0.717, 1.165) is 13.2 Å². The third-order valence-corrected chi connectivity index (χ3v) is 3.81.